The molecule has 0 fully saturated rings. The lowest BCUT2D eigenvalue weighted by molar-refractivity contribution is -0.121. The number of rotatable bonds is 4. The van der Waals surface area contributed by atoms with Gasteiger partial charge >= 0.3 is 0 Å². The van der Waals surface area contributed by atoms with Crippen LogP contribution in [0.2, 0.25) is 0 Å². The fraction of sp³-hybridized carbons (Fsp3) is 0.500. The Morgan fingerprint density at radius 2 is 1.73 bits per heavy atom. The number of carbonyl (C=O) groups excluding carboxylic acids is 1. The highest BCUT2D eigenvalue weighted by Gasteiger charge is 2.21. The predicted octanol–water partition coefficient (Wildman–Crippen LogP) is 3.71. The number of hydrogen-bond donors (Lipinski definition) is 0. The third-order valence-corrected chi connectivity index (χ3v) is 2.80. The maximum absolute atomic E-state index is 11.8. The van der Waals surface area contributed by atoms with E-state index in [9.17, 15) is 4.79 Å². The van der Waals surface area contributed by atoms with E-state index in [1.807, 2.05) is 6.92 Å². The van der Waals surface area contributed by atoms with Crippen molar-refractivity contribution in [1.29, 1.82) is 0 Å². The first-order chi connectivity index (χ1) is 7.06. The number of benzene rings is 1. The number of Topliss-reactive ketones (excluding diaryl/α,β-unsaturated/α-hetero) is 1. The molecule has 1 atom stereocenters. The summed E-state index contributed by atoms with van der Waals surface area (Å²) in [7, 11) is 0. The molecule has 82 valence electrons. The first kappa shape index (κ1) is 12.0. The second kappa shape index (κ2) is 5.11. The van der Waals surface area contributed by atoms with Crippen molar-refractivity contribution >= 4 is 5.78 Å². The zero-order valence-corrected chi connectivity index (χ0v) is 10.1. The van der Waals surface area contributed by atoms with Gasteiger partial charge in [-0.3, -0.25) is 4.79 Å². The Labute approximate surface area is 92.5 Å². The van der Waals surface area contributed by atoms with Gasteiger partial charge in [-0.15, -0.1) is 0 Å². The van der Waals surface area contributed by atoms with Crippen molar-refractivity contribution in [3.63, 3.8) is 0 Å². The first-order valence-electron chi connectivity index (χ1n) is 5.65. The largest absolute Gasteiger partial charge is 0.299 e. The van der Waals surface area contributed by atoms with Gasteiger partial charge in [0, 0.05) is 12.3 Å². The van der Waals surface area contributed by atoms with Crippen LogP contribution in [0.3, 0.4) is 0 Å². The summed E-state index contributed by atoms with van der Waals surface area (Å²) in [6, 6.07) is 8.31. The molecule has 0 radical (unpaired) electrons. The molecule has 0 aromatic heterocycles. The van der Waals surface area contributed by atoms with Crippen molar-refractivity contribution in [2.45, 2.75) is 40.0 Å². The van der Waals surface area contributed by atoms with Crippen LogP contribution in [0.25, 0.3) is 0 Å². The molecule has 1 aromatic rings. The molecule has 1 rings (SSSR count). The van der Waals surface area contributed by atoms with Crippen molar-refractivity contribution in [2.24, 2.45) is 5.92 Å². The van der Waals surface area contributed by atoms with E-state index in [4.69, 9.17) is 0 Å². The fourth-order valence-electron chi connectivity index (χ4n) is 1.94. The average molecular weight is 204 g/mol. The van der Waals surface area contributed by atoms with E-state index in [0.29, 0.717) is 18.1 Å². The van der Waals surface area contributed by atoms with Crippen LogP contribution in [-0.2, 0) is 4.79 Å². The summed E-state index contributed by atoms with van der Waals surface area (Å²) in [4.78, 5) is 11.8. The van der Waals surface area contributed by atoms with Gasteiger partial charge in [0.05, 0.1) is 0 Å². The van der Waals surface area contributed by atoms with Crippen LogP contribution in [0.15, 0.2) is 24.3 Å². The number of aryl methyl sites for hydroxylation is 1. The summed E-state index contributed by atoms with van der Waals surface area (Å²) in [5, 5.41) is 0. The van der Waals surface area contributed by atoms with E-state index >= 15 is 0 Å². The molecule has 1 heteroatoms. The van der Waals surface area contributed by atoms with Crippen LogP contribution < -0.4 is 0 Å². The molecule has 0 N–H and O–H groups in total. The Morgan fingerprint density at radius 1 is 1.20 bits per heavy atom. The molecule has 0 amide bonds. The van der Waals surface area contributed by atoms with Crippen LogP contribution in [0.1, 0.15) is 44.2 Å². The normalized spacial score (nSPS) is 12.9. The third kappa shape index (κ3) is 2.92. The maximum Gasteiger partial charge on any atom is 0.140 e. The minimum Gasteiger partial charge on any atom is -0.299 e. The second-order valence-electron chi connectivity index (χ2n) is 4.45. The van der Waals surface area contributed by atoms with Gasteiger partial charge in [0.15, 0.2) is 0 Å². The molecule has 0 aliphatic rings. The average Bonchev–Trinajstić information content (AvgIpc) is 2.20. The maximum atomic E-state index is 11.8. The molecule has 0 saturated heterocycles. The lowest BCUT2D eigenvalue weighted by Gasteiger charge is -2.19. The second-order valence-corrected chi connectivity index (χ2v) is 4.45. The molecule has 1 nitrogen and oxygen atoms in total. The molecular formula is C14H20O. The van der Waals surface area contributed by atoms with Gasteiger partial charge in [-0.25, -0.2) is 0 Å². The van der Waals surface area contributed by atoms with E-state index in [0.717, 1.165) is 5.56 Å². The van der Waals surface area contributed by atoms with Crippen LogP contribution in [0, 0.1) is 12.8 Å². The van der Waals surface area contributed by atoms with Gasteiger partial charge < -0.3 is 0 Å². The zero-order valence-electron chi connectivity index (χ0n) is 10.1. The van der Waals surface area contributed by atoms with Gasteiger partial charge in [0.1, 0.15) is 5.78 Å². The Hall–Kier alpha value is -1.11. The van der Waals surface area contributed by atoms with Gasteiger partial charge in [0.25, 0.3) is 0 Å². The lowest BCUT2D eigenvalue weighted by Crippen LogP contribution is -2.17. The molecule has 1 unspecified atom stereocenters. The third-order valence-electron chi connectivity index (χ3n) is 2.80. The van der Waals surface area contributed by atoms with E-state index in [1.165, 1.54) is 5.56 Å². The van der Waals surface area contributed by atoms with E-state index < -0.39 is 0 Å². The summed E-state index contributed by atoms with van der Waals surface area (Å²) in [6.07, 6.45) is 0.622. The quantitative estimate of drug-likeness (QED) is 0.730. The minimum absolute atomic E-state index is 0.0654. The summed E-state index contributed by atoms with van der Waals surface area (Å²) in [5.41, 5.74) is 2.40. The predicted molar refractivity (Wildman–Crippen MR) is 64.1 cm³/mol. The van der Waals surface area contributed by atoms with Crippen LogP contribution in [-0.4, -0.2) is 5.78 Å². The molecular weight excluding hydrogens is 184 g/mol. The summed E-state index contributed by atoms with van der Waals surface area (Å²) in [5.74, 6) is 0.782. The Balaban J connectivity index is 2.99. The van der Waals surface area contributed by atoms with Gasteiger partial charge in [0.2, 0.25) is 0 Å². The monoisotopic (exact) mass is 204 g/mol. The molecule has 1 aromatic carbocycles. The van der Waals surface area contributed by atoms with Gasteiger partial charge in [-0.2, -0.15) is 0 Å². The Bertz CT molecular complexity index is 322. The fourth-order valence-corrected chi connectivity index (χ4v) is 1.94. The molecule has 0 aliphatic carbocycles. The van der Waals surface area contributed by atoms with Crippen LogP contribution in [0.4, 0.5) is 0 Å². The van der Waals surface area contributed by atoms with Crippen molar-refractivity contribution in [3.8, 4) is 0 Å². The number of ketones is 1. The van der Waals surface area contributed by atoms with E-state index in [2.05, 4.69) is 45.0 Å². The SMILES string of the molecule is CCC(=O)C(c1ccc(C)cc1)C(C)C. The van der Waals surface area contributed by atoms with E-state index in [1.54, 1.807) is 0 Å². The standard InChI is InChI=1S/C14H20O/c1-5-13(15)14(10(2)3)12-8-6-11(4)7-9-12/h6-10,14H,5H2,1-4H3. The van der Waals surface area contributed by atoms with Crippen LogP contribution >= 0.6 is 0 Å². The molecule has 0 heterocycles. The first-order valence-corrected chi connectivity index (χ1v) is 5.65. The molecule has 0 aliphatic heterocycles. The van der Waals surface area contributed by atoms with E-state index in [-0.39, 0.29) is 5.92 Å². The highest BCUT2D eigenvalue weighted by atomic mass is 16.1. The summed E-state index contributed by atoms with van der Waals surface area (Å²) < 4.78 is 0. The topological polar surface area (TPSA) is 17.1 Å². The van der Waals surface area contributed by atoms with Crippen LogP contribution in [0.5, 0.6) is 0 Å². The lowest BCUT2D eigenvalue weighted by atomic mass is 9.84. The Morgan fingerprint density at radius 3 is 2.13 bits per heavy atom. The zero-order chi connectivity index (χ0) is 11.4. The van der Waals surface area contributed by atoms with Gasteiger partial charge in [-0.1, -0.05) is 50.6 Å². The molecule has 0 spiro atoms. The number of hydrogen-bond acceptors (Lipinski definition) is 1. The Kier molecular flexibility index (Phi) is 4.07. The smallest absolute Gasteiger partial charge is 0.140 e. The van der Waals surface area contributed by atoms with Crippen molar-refractivity contribution in [3.05, 3.63) is 35.4 Å². The highest BCUT2D eigenvalue weighted by molar-refractivity contribution is 5.85. The van der Waals surface area contributed by atoms with Crippen molar-refractivity contribution < 1.29 is 4.79 Å². The van der Waals surface area contributed by atoms with Gasteiger partial charge in [-0.05, 0) is 18.4 Å². The van der Waals surface area contributed by atoms with Crippen molar-refractivity contribution in [1.82, 2.24) is 0 Å². The molecule has 0 saturated carbocycles. The molecule has 0 bridgehead atoms. The summed E-state index contributed by atoms with van der Waals surface area (Å²) in [6.45, 7) is 8.22. The number of carbonyl (C=O) groups is 1. The van der Waals surface area contributed by atoms with Crippen molar-refractivity contribution in [2.75, 3.05) is 0 Å². The minimum atomic E-state index is 0.0654. The highest BCUT2D eigenvalue weighted by Crippen LogP contribution is 2.26. The molecule has 15 heavy (non-hydrogen) atoms. The summed E-state index contributed by atoms with van der Waals surface area (Å²) >= 11 is 0.